The Hall–Kier alpha value is -2.82. The predicted molar refractivity (Wildman–Crippen MR) is 156 cm³/mol. The summed E-state index contributed by atoms with van der Waals surface area (Å²) in [5, 5.41) is 8.82. The van der Waals surface area contributed by atoms with Gasteiger partial charge in [-0.2, -0.15) is 5.10 Å². The van der Waals surface area contributed by atoms with Crippen molar-refractivity contribution in [3.05, 3.63) is 47.8 Å². The lowest BCUT2D eigenvalue weighted by atomic mass is 9.81. The number of para-hydroxylation sites is 1. The largest absolute Gasteiger partial charge is 0.384 e. The average molecular weight is 566 g/mol. The normalized spacial score (nSPS) is 19.7. The first kappa shape index (κ1) is 27.4. The van der Waals surface area contributed by atoms with Crippen molar-refractivity contribution in [2.75, 3.05) is 50.5 Å². The van der Waals surface area contributed by atoms with Crippen molar-refractivity contribution in [3.8, 4) is 5.69 Å². The molecule has 1 aliphatic carbocycles. The van der Waals surface area contributed by atoms with Crippen molar-refractivity contribution in [1.82, 2.24) is 20.1 Å². The summed E-state index contributed by atoms with van der Waals surface area (Å²) in [4.78, 5) is 20.9. The number of carbonyl (C=O) groups excluding carboxylic acids is 1. The van der Waals surface area contributed by atoms with Gasteiger partial charge in [-0.15, -0.1) is 0 Å². The molecule has 0 unspecified atom stereocenters. The van der Waals surface area contributed by atoms with Gasteiger partial charge >= 0.3 is 0 Å². The third-order valence-corrected chi connectivity index (χ3v) is 11.1. The van der Waals surface area contributed by atoms with Crippen LogP contribution in [0.25, 0.3) is 16.7 Å². The Morgan fingerprint density at radius 1 is 1.05 bits per heavy atom. The number of sulfone groups is 1. The van der Waals surface area contributed by atoms with E-state index in [1.807, 2.05) is 41.1 Å². The molecule has 2 saturated heterocycles. The highest BCUT2D eigenvalue weighted by molar-refractivity contribution is 7.92. The number of aromatic nitrogens is 3. The van der Waals surface area contributed by atoms with Gasteiger partial charge in [0.15, 0.2) is 21.3 Å². The summed E-state index contributed by atoms with van der Waals surface area (Å²) in [5.74, 6) is -0.0868. The molecule has 3 fully saturated rings. The number of piperidine rings is 2. The first-order chi connectivity index (χ1) is 19.4. The Morgan fingerprint density at radius 2 is 1.77 bits per heavy atom. The SMILES string of the molecule is COCC1CCN(c2cc(C(=O)CS(=O)(=O)C3CCNCC3)nc3c2c(C2CCC2)nn3-c2ccccc2)CC1. The topological polar surface area (TPSA) is 106 Å². The van der Waals surface area contributed by atoms with Gasteiger partial charge in [0.05, 0.1) is 27.7 Å². The first-order valence-electron chi connectivity index (χ1n) is 14.6. The number of nitrogens with zero attached hydrogens (tertiary/aromatic N) is 4. The minimum Gasteiger partial charge on any atom is -0.384 e. The number of ether oxygens (including phenoxy) is 1. The van der Waals surface area contributed by atoms with Crippen LogP contribution >= 0.6 is 0 Å². The number of benzene rings is 1. The zero-order valence-corrected chi connectivity index (χ0v) is 24.0. The lowest BCUT2D eigenvalue weighted by Gasteiger charge is -2.34. The molecule has 0 amide bonds. The zero-order valence-electron chi connectivity index (χ0n) is 23.2. The number of nitrogens with one attached hydrogen (secondary N) is 1. The van der Waals surface area contributed by atoms with Crippen molar-refractivity contribution in [1.29, 1.82) is 0 Å². The molecule has 0 radical (unpaired) electrons. The quantitative estimate of drug-likeness (QED) is 0.390. The zero-order chi connectivity index (χ0) is 27.7. The van der Waals surface area contributed by atoms with Gasteiger partial charge in [0.25, 0.3) is 0 Å². The number of carbonyl (C=O) groups is 1. The van der Waals surface area contributed by atoms with Gasteiger partial charge in [-0.3, -0.25) is 4.79 Å². The molecule has 40 heavy (non-hydrogen) atoms. The molecule has 0 spiro atoms. The molecule has 3 aromatic rings. The molecule has 214 valence electrons. The second kappa shape index (κ2) is 11.6. The second-order valence-electron chi connectivity index (χ2n) is 11.6. The molecule has 10 heteroatoms. The number of pyridine rings is 1. The van der Waals surface area contributed by atoms with E-state index in [2.05, 4.69) is 10.2 Å². The Bertz CT molecular complexity index is 1450. The number of fused-ring (bicyclic) bond motifs is 1. The third-order valence-electron chi connectivity index (χ3n) is 8.91. The Kier molecular flexibility index (Phi) is 7.92. The Morgan fingerprint density at radius 3 is 2.42 bits per heavy atom. The maximum absolute atomic E-state index is 13.7. The number of ketones is 1. The number of hydrogen-bond donors (Lipinski definition) is 1. The van der Waals surface area contributed by atoms with Gasteiger partial charge in [0.2, 0.25) is 0 Å². The summed E-state index contributed by atoms with van der Waals surface area (Å²) in [5.41, 5.74) is 3.70. The molecule has 6 rings (SSSR count). The van der Waals surface area contributed by atoms with Crippen LogP contribution in [0.3, 0.4) is 0 Å². The van der Waals surface area contributed by atoms with E-state index in [0.717, 1.165) is 67.8 Å². The van der Waals surface area contributed by atoms with Crippen LogP contribution in [0.5, 0.6) is 0 Å². The second-order valence-corrected chi connectivity index (χ2v) is 13.8. The smallest absolute Gasteiger partial charge is 0.196 e. The molecule has 1 N–H and O–H groups in total. The fourth-order valence-electron chi connectivity index (χ4n) is 6.34. The van der Waals surface area contributed by atoms with E-state index in [1.165, 1.54) is 6.42 Å². The standard InChI is InChI=1S/C30H39N5O4S/c1-39-19-21-12-16-34(17-13-21)26-18-25(27(36)20-40(37,38)24-10-14-31-15-11-24)32-30-28(26)29(22-6-5-7-22)33-35(30)23-8-3-2-4-9-23/h2-4,8-9,18,21-22,24,31H,5-7,10-17,19-20H2,1H3. The summed E-state index contributed by atoms with van der Waals surface area (Å²) < 4.78 is 33.7. The molecule has 2 aliphatic heterocycles. The summed E-state index contributed by atoms with van der Waals surface area (Å²) in [6, 6.07) is 11.7. The highest BCUT2D eigenvalue weighted by atomic mass is 32.2. The Labute approximate surface area is 236 Å². The van der Waals surface area contributed by atoms with Crippen molar-refractivity contribution < 1.29 is 17.9 Å². The first-order valence-corrected chi connectivity index (χ1v) is 16.3. The molecule has 0 bridgehead atoms. The van der Waals surface area contributed by atoms with E-state index >= 15 is 0 Å². The number of anilines is 1. The number of Topliss-reactive ketones (excluding diaryl/α,β-unsaturated/α-hetero) is 1. The van der Waals surface area contributed by atoms with E-state index in [-0.39, 0.29) is 5.69 Å². The van der Waals surface area contributed by atoms with Crippen LogP contribution < -0.4 is 10.2 Å². The molecule has 9 nitrogen and oxygen atoms in total. The maximum Gasteiger partial charge on any atom is 0.196 e. The van der Waals surface area contributed by atoms with Crippen LogP contribution in [-0.4, -0.2) is 79.9 Å². The van der Waals surface area contributed by atoms with Gasteiger partial charge in [0.1, 0.15) is 11.4 Å². The fraction of sp³-hybridized carbons (Fsp3) is 0.567. The van der Waals surface area contributed by atoms with Crippen LogP contribution in [0.1, 0.15) is 67.0 Å². The number of rotatable bonds is 9. The number of hydrogen-bond acceptors (Lipinski definition) is 8. The van der Waals surface area contributed by atoms with E-state index in [1.54, 1.807) is 7.11 Å². The average Bonchev–Trinajstić information content (AvgIpc) is 3.32. The molecule has 2 aromatic heterocycles. The van der Waals surface area contributed by atoms with Crippen molar-refractivity contribution >= 4 is 32.3 Å². The van der Waals surface area contributed by atoms with Gasteiger partial charge in [-0.1, -0.05) is 24.6 Å². The van der Waals surface area contributed by atoms with Crippen LogP contribution in [0.2, 0.25) is 0 Å². The van der Waals surface area contributed by atoms with Crippen molar-refractivity contribution in [2.24, 2.45) is 5.92 Å². The van der Waals surface area contributed by atoms with E-state index in [0.29, 0.717) is 43.4 Å². The maximum atomic E-state index is 13.7. The van der Waals surface area contributed by atoms with Crippen molar-refractivity contribution in [3.63, 3.8) is 0 Å². The molecule has 3 aliphatic rings. The Balaban J connectivity index is 1.44. The molecular weight excluding hydrogens is 526 g/mol. The highest BCUT2D eigenvalue weighted by Crippen LogP contribution is 2.43. The van der Waals surface area contributed by atoms with Gasteiger partial charge in [0, 0.05) is 32.7 Å². The van der Waals surface area contributed by atoms with E-state index < -0.39 is 26.6 Å². The lowest BCUT2D eigenvalue weighted by Crippen LogP contribution is -2.38. The van der Waals surface area contributed by atoms with Crippen LogP contribution in [-0.2, 0) is 14.6 Å². The van der Waals surface area contributed by atoms with Crippen LogP contribution in [0, 0.1) is 5.92 Å². The van der Waals surface area contributed by atoms with E-state index in [4.69, 9.17) is 14.8 Å². The summed E-state index contributed by atoms with van der Waals surface area (Å²) in [7, 11) is -1.83. The summed E-state index contributed by atoms with van der Waals surface area (Å²) in [6.45, 7) is 3.75. The van der Waals surface area contributed by atoms with Gasteiger partial charge in [-0.05, 0) is 75.7 Å². The molecule has 1 saturated carbocycles. The van der Waals surface area contributed by atoms with Crippen LogP contribution in [0.15, 0.2) is 36.4 Å². The molecule has 4 heterocycles. The lowest BCUT2D eigenvalue weighted by molar-refractivity contribution is 0.101. The van der Waals surface area contributed by atoms with Crippen LogP contribution in [0.4, 0.5) is 5.69 Å². The minimum atomic E-state index is -3.58. The van der Waals surface area contributed by atoms with Gasteiger partial charge < -0.3 is 15.0 Å². The molecular formula is C30H39N5O4S. The molecule has 0 atom stereocenters. The van der Waals surface area contributed by atoms with Gasteiger partial charge in [-0.25, -0.2) is 18.1 Å². The monoisotopic (exact) mass is 565 g/mol. The summed E-state index contributed by atoms with van der Waals surface area (Å²) >= 11 is 0. The molecule has 1 aromatic carbocycles. The summed E-state index contributed by atoms with van der Waals surface area (Å²) in [6.07, 6.45) is 6.43. The van der Waals surface area contributed by atoms with E-state index in [9.17, 15) is 13.2 Å². The van der Waals surface area contributed by atoms with Crippen molar-refractivity contribution in [2.45, 2.75) is 56.1 Å². The number of methoxy groups -OCH3 is 1. The predicted octanol–water partition coefficient (Wildman–Crippen LogP) is 3.90. The minimum absolute atomic E-state index is 0.205. The highest BCUT2D eigenvalue weighted by Gasteiger charge is 2.34. The third kappa shape index (κ3) is 5.41. The fourth-order valence-corrected chi connectivity index (χ4v) is 8.04.